The summed E-state index contributed by atoms with van der Waals surface area (Å²) in [6.45, 7) is 9.21. The Morgan fingerprint density at radius 1 is 0.927 bits per heavy atom. The molecule has 2 aliphatic rings. The van der Waals surface area contributed by atoms with Gasteiger partial charge in [0.05, 0.1) is 57.0 Å². The SMILES string of the molecule is COCCCN1CCOc2ccc(CO[C@H]3CNC[C@@H](OCC[C@H](C)O)C3c3ccc(COCCOC)cc3)cc21. The second-order valence-corrected chi connectivity index (χ2v) is 10.9. The van der Waals surface area contributed by atoms with Gasteiger partial charge in [0, 0.05) is 53.0 Å². The first kappa shape index (κ1) is 31.7. The maximum Gasteiger partial charge on any atom is 0.142 e. The average molecular weight is 573 g/mol. The number of nitrogens with one attached hydrogen (secondary N) is 1. The lowest BCUT2D eigenvalue weighted by Crippen LogP contribution is -2.50. The van der Waals surface area contributed by atoms with Gasteiger partial charge < -0.3 is 43.7 Å². The van der Waals surface area contributed by atoms with Crippen molar-refractivity contribution in [1.82, 2.24) is 5.32 Å². The number of piperidine rings is 1. The molecule has 0 spiro atoms. The second kappa shape index (κ2) is 17.0. The molecule has 41 heavy (non-hydrogen) atoms. The van der Waals surface area contributed by atoms with E-state index in [1.165, 1.54) is 5.56 Å². The molecule has 9 nitrogen and oxygen atoms in total. The molecule has 2 aromatic rings. The average Bonchev–Trinajstić information content (AvgIpc) is 2.99. The van der Waals surface area contributed by atoms with Crippen molar-refractivity contribution in [3.05, 3.63) is 59.2 Å². The molecule has 0 saturated carbocycles. The largest absolute Gasteiger partial charge is 0.490 e. The zero-order valence-corrected chi connectivity index (χ0v) is 24.9. The van der Waals surface area contributed by atoms with E-state index in [4.69, 9.17) is 28.4 Å². The van der Waals surface area contributed by atoms with Crippen molar-refractivity contribution in [1.29, 1.82) is 0 Å². The molecule has 2 heterocycles. The van der Waals surface area contributed by atoms with Gasteiger partial charge in [0.15, 0.2) is 0 Å². The molecule has 0 radical (unpaired) electrons. The van der Waals surface area contributed by atoms with Gasteiger partial charge in [-0.1, -0.05) is 30.3 Å². The predicted molar refractivity (Wildman–Crippen MR) is 159 cm³/mol. The van der Waals surface area contributed by atoms with Crippen LogP contribution in [0.4, 0.5) is 5.69 Å². The third kappa shape index (κ3) is 9.64. The van der Waals surface area contributed by atoms with Crippen LogP contribution < -0.4 is 15.0 Å². The first-order valence-corrected chi connectivity index (χ1v) is 14.9. The molecule has 2 aliphatic heterocycles. The highest BCUT2D eigenvalue weighted by Gasteiger charge is 2.36. The van der Waals surface area contributed by atoms with E-state index >= 15 is 0 Å². The van der Waals surface area contributed by atoms with Crippen molar-refractivity contribution < 1.29 is 33.5 Å². The lowest BCUT2D eigenvalue weighted by atomic mass is 9.85. The van der Waals surface area contributed by atoms with Crippen molar-refractivity contribution in [3.8, 4) is 5.75 Å². The molecule has 0 amide bonds. The molecule has 0 bridgehead atoms. The number of rotatable bonds is 17. The van der Waals surface area contributed by atoms with Gasteiger partial charge in [0.25, 0.3) is 0 Å². The maximum absolute atomic E-state index is 9.77. The third-order valence-corrected chi connectivity index (χ3v) is 7.65. The van der Waals surface area contributed by atoms with Crippen LogP contribution in [-0.4, -0.2) is 96.9 Å². The Morgan fingerprint density at radius 2 is 1.68 bits per heavy atom. The van der Waals surface area contributed by atoms with Crippen LogP contribution >= 0.6 is 0 Å². The van der Waals surface area contributed by atoms with Crippen LogP contribution in [0.5, 0.6) is 5.75 Å². The van der Waals surface area contributed by atoms with Crippen LogP contribution in [0, 0.1) is 0 Å². The molecule has 0 aliphatic carbocycles. The van der Waals surface area contributed by atoms with Crippen molar-refractivity contribution in [2.24, 2.45) is 0 Å². The molecule has 2 N–H and O–H groups in total. The highest BCUT2D eigenvalue weighted by Crippen LogP contribution is 2.34. The van der Waals surface area contributed by atoms with Gasteiger partial charge in [0.1, 0.15) is 12.4 Å². The van der Waals surface area contributed by atoms with Gasteiger partial charge in [-0.05, 0) is 48.6 Å². The summed E-state index contributed by atoms with van der Waals surface area (Å²) in [5.41, 5.74) is 4.54. The van der Waals surface area contributed by atoms with Crippen LogP contribution in [-0.2, 0) is 36.9 Å². The van der Waals surface area contributed by atoms with Crippen LogP contribution in [0.25, 0.3) is 0 Å². The van der Waals surface area contributed by atoms with E-state index in [1.807, 2.05) is 0 Å². The van der Waals surface area contributed by atoms with E-state index in [1.54, 1.807) is 21.1 Å². The zero-order chi connectivity index (χ0) is 28.9. The van der Waals surface area contributed by atoms with Gasteiger partial charge in [0.2, 0.25) is 0 Å². The molecule has 4 atom stereocenters. The van der Waals surface area contributed by atoms with E-state index in [9.17, 15) is 5.11 Å². The first-order chi connectivity index (χ1) is 20.1. The summed E-state index contributed by atoms with van der Waals surface area (Å²) in [7, 11) is 3.42. The molecule has 9 heteroatoms. The monoisotopic (exact) mass is 572 g/mol. The highest BCUT2D eigenvalue weighted by atomic mass is 16.5. The number of ether oxygens (including phenoxy) is 6. The maximum atomic E-state index is 9.77. The van der Waals surface area contributed by atoms with Crippen molar-refractivity contribution in [3.63, 3.8) is 0 Å². The van der Waals surface area contributed by atoms with Crippen LogP contribution in [0.3, 0.4) is 0 Å². The summed E-state index contributed by atoms with van der Waals surface area (Å²) >= 11 is 0. The number of aliphatic hydroxyl groups excluding tert-OH is 1. The molecule has 2 aromatic carbocycles. The second-order valence-electron chi connectivity index (χ2n) is 10.9. The Labute approximate surface area is 245 Å². The number of benzene rings is 2. The predicted octanol–water partition coefficient (Wildman–Crippen LogP) is 3.51. The summed E-state index contributed by atoms with van der Waals surface area (Å²) in [6, 6.07) is 14.9. The summed E-state index contributed by atoms with van der Waals surface area (Å²) < 4.78 is 34.9. The van der Waals surface area contributed by atoms with Gasteiger partial charge in [-0.3, -0.25) is 0 Å². The molecular formula is C32H48N2O7. The van der Waals surface area contributed by atoms with E-state index in [-0.39, 0.29) is 18.1 Å². The summed E-state index contributed by atoms with van der Waals surface area (Å²) in [6.07, 6.45) is 1.04. The van der Waals surface area contributed by atoms with Crippen molar-refractivity contribution >= 4 is 5.69 Å². The van der Waals surface area contributed by atoms with Crippen LogP contribution in [0.2, 0.25) is 0 Å². The minimum Gasteiger partial charge on any atom is -0.490 e. The fraction of sp³-hybridized carbons (Fsp3) is 0.625. The Bertz CT molecular complexity index is 1020. The van der Waals surface area contributed by atoms with Gasteiger partial charge in [-0.25, -0.2) is 0 Å². The number of nitrogens with zero attached hydrogens (tertiary/aromatic N) is 1. The number of anilines is 1. The third-order valence-electron chi connectivity index (χ3n) is 7.65. The highest BCUT2D eigenvalue weighted by molar-refractivity contribution is 5.61. The summed E-state index contributed by atoms with van der Waals surface area (Å²) in [5, 5.41) is 13.3. The minimum atomic E-state index is -0.392. The zero-order valence-electron chi connectivity index (χ0n) is 24.9. The Kier molecular flexibility index (Phi) is 13.2. The smallest absolute Gasteiger partial charge is 0.142 e. The van der Waals surface area contributed by atoms with Gasteiger partial charge >= 0.3 is 0 Å². The Hall–Kier alpha value is -2.24. The first-order valence-electron chi connectivity index (χ1n) is 14.9. The fourth-order valence-corrected chi connectivity index (χ4v) is 5.42. The van der Waals surface area contributed by atoms with E-state index in [2.05, 4.69) is 52.7 Å². The van der Waals surface area contributed by atoms with E-state index in [0.717, 1.165) is 61.8 Å². The number of fused-ring (bicyclic) bond motifs is 1. The molecule has 4 rings (SSSR count). The van der Waals surface area contributed by atoms with Crippen LogP contribution in [0.15, 0.2) is 42.5 Å². The number of methoxy groups -OCH3 is 2. The quantitative estimate of drug-likeness (QED) is 0.276. The molecule has 0 aromatic heterocycles. The standard InChI is InChI=1S/C32H48N2O7/c1-24(35)11-15-39-30-20-33-21-31(32(30)27-8-5-25(6-9-27)22-38-18-17-37-3)41-23-26-7-10-29-28(19-26)34(13-16-40-29)12-4-14-36-2/h5-10,19,24,30-33,35H,4,11-18,20-23H2,1-3H3/t24-,30+,31-,32?/m0/s1. The van der Waals surface area contributed by atoms with Crippen molar-refractivity contribution in [2.75, 3.05) is 78.3 Å². The molecular weight excluding hydrogens is 524 g/mol. The topological polar surface area (TPSA) is 90.9 Å². The summed E-state index contributed by atoms with van der Waals surface area (Å²) in [4.78, 5) is 2.37. The molecule has 1 saturated heterocycles. The number of aliphatic hydroxyl groups is 1. The molecule has 1 fully saturated rings. The van der Waals surface area contributed by atoms with E-state index < -0.39 is 6.10 Å². The Morgan fingerprint density at radius 3 is 2.44 bits per heavy atom. The van der Waals surface area contributed by atoms with E-state index in [0.29, 0.717) is 46.1 Å². The fourth-order valence-electron chi connectivity index (χ4n) is 5.42. The molecule has 1 unspecified atom stereocenters. The number of hydrogen-bond acceptors (Lipinski definition) is 9. The summed E-state index contributed by atoms with van der Waals surface area (Å²) in [5.74, 6) is 0.979. The lowest BCUT2D eigenvalue weighted by molar-refractivity contribution is -0.0639. The van der Waals surface area contributed by atoms with Crippen LogP contribution in [0.1, 0.15) is 42.4 Å². The van der Waals surface area contributed by atoms with Gasteiger partial charge in [-0.2, -0.15) is 0 Å². The minimum absolute atomic E-state index is 0.0558. The van der Waals surface area contributed by atoms with Gasteiger partial charge in [-0.15, -0.1) is 0 Å². The van der Waals surface area contributed by atoms with Crippen molar-refractivity contribution in [2.45, 2.75) is 57.2 Å². The lowest BCUT2D eigenvalue weighted by Gasteiger charge is -2.39. The molecule has 228 valence electrons. The Balaban J connectivity index is 1.45. The normalized spacial score (nSPS) is 21.4. The number of hydrogen-bond donors (Lipinski definition) is 2.